The van der Waals surface area contributed by atoms with E-state index in [4.69, 9.17) is 16.7 Å². The number of piperidine rings is 1. The predicted molar refractivity (Wildman–Crippen MR) is 97.6 cm³/mol. The van der Waals surface area contributed by atoms with E-state index in [0.717, 1.165) is 5.56 Å². The van der Waals surface area contributed by atoms with Crippen LogP contribution in [0.2, 0.25) is 5.02 Å². The number of rotatable bonds is 6. The molecule has 8 heteroatoms. The summed E-state index contributed by atoms with van der Waals surface area (Å²) in [4.78, 5) is 12.7. The monoisotopic (exact) mass is 388 g/mol. The average molecular weight is 389 g/mol. The van der Waals surface area contributed by atoms with Crippen molar-refractivity contribution in [2.24, 2.45) is 0 Å². The highest BCUT2D eigenvalue weighted by atomic mass is 35.5. The van der Waals surface area contributed by atoms with E-state index in [9.17, 15) is 13.2 Å². The Balaban J connectivity index is 2.15. The third kappa shape index (κ3) is 4.73. The zero-order valence-electron chi connectivity index (χ0n) is 14.8. The first kappa shape index (κ1) is 20.2. The maximum absolute atomic E-state index is 13.0. The highest BCUT2D eigenvalue weighted by Crippen LogP contribution is 2.30. The molecule has 0 aromatic heterocycles. The van der Waals surface area contributed by atoms with E-state index in [1.54, 1.807) is 24.1 Å². The zero-order chi connectivity index (χ0) is 18.8. The fourth-order valence-corrected chi connectivity index (χ4v) is 5.06. The number of carbonyl (C=O) groups is 1. The minimum atomic E-state index is -3.65. The van der Waals surface area contributed by atoms with Gasteiger partial charge in [-0.1, -0.05) is 31.5 Å². The molecule has 0 aliphatic carbocycles. The molecule has 2 rings (SSSR count). The Bertz CT molecular complexity index is 728. The fraction of sp³-hybridized carbons (Fsp3) is 0.588. The molecule has 6 nitrogen and oxygen atoms in total. The molecule has 1 aromatic rings. The van der Waals surface area contributed by atoms with E-state index in [-0.39, 0.29) is 28.4 Å². The molecule has 0 amide bonds. The molecule has 140 valence electrons. The van der Waals surface area contributed by atoms with Crippen molar-refractivity contribution in [2.45, 2.75) is 43.5 Å². The van der Waals surface area contributed by atoms with Gasteiger partial charge in [-0.2, -0.15) is 4.31 Å². The molecule has 25 heavy (non-hydrogen) atoms. The summed E-state index contributed by atoms with van der Waals surface area (Å²) in [5.41, 5.74) is 0.930. The van der Waals surface area contributed by atoms with E-state index in [0.29, 0.717) is 25.9 Å². The van der Waals surface area contributed by atoms with Gasteiger partial charge >= 0.3 is 5.97 Å². The molecule has 1 N–H and O–H groups in total. The van der Waals surface area contributed by atoms with Crippen LogP contribution in [0.4, 0.5) is 0 Å². The third-order valence-corrected chi connectivity index (χ3v) is 7.05. The molecule has 1 aliphatic heterocycles. The molecule has 1 aliphatic rings. The van der Waals surface area contributed by atoms with Crippen LogP contribution in [-0.4, -0.2) is 61.4 Å². The number of halogens is 1. The van der Waals surface area contributed by atoms with Crippen molar-refractivity contribution < 1.29 is 18.3 Å². The number of carboxylic acid groups (broad SMARTS) is 1. The lowest BCUT2D eigenvalue weighted by Crippen LogP contribution is -2.46. The van der Waals surface area contributed by atoms with Crippen LogP contribution in [0.25, 0.3) is 0 Å². The normalized spacial score (nSPS) is 17.4. The molecule has 0 atom stereocenters. The van der Waals surface area contributed by atoms with Crippen LogP contribution in [0, 0.1) is 0 Å². The first-order valence-electron chi connectivity index (χ1n) is 8.34. The Kier molecular flexibility index (Phi) is 6.48. The average Bonchev–Trinajstić information content (AvgIpc) is 2.54. The van der Waals surface area contributed by atoms with Gasteiger partial charge in [-0.05, 0) is 43.5 Å². The lowest BCUT2D eigenvalue weighted by Gasteiger charge is -2.35. The van der Waals surface area contributed by atoms with E-state index in [1.165, 1.54) is 4.31 Å². The maximum atomic E-state index is 13.0. The van der Waals surface area contributed by atoms with Gasteiger partial charge in [0.05, 0.1) is 11.6 Å². The molecule has 0 unspecified atom stereocenters. The summed E-state index contributed by atoms with van der Waals surface area (Å²) in [6.07, 6.45) is 1.20. The summed E-state index contributed by atoms with van der Waals surface area (Å²) in [5.74, 6) is -0.670. The van der Waals surface area contributed by atoms with Gasteiger partial charge in [0, 0.05) is 19.1 Å². The minimum Gasteiger partial charge on any atom is -0.480 e. The Hall–Kier alpha value is -1.15. The quantitative estimate of drug-likeness (QED) is 0.810. The smallest absolute Gasteiger partial charge is 0.317 e. The second kappa shape index (κ2) is 8.03. The van der Waals surface area contributed by atoms with Crippen molar-refractivity contribution in [1.29, 1.82) is 0 Å². The van der Waals surface area contributed by atoms with Crippen molar-refractivity contribution in [3.8, 4) is 0 Å². The predicted octanol–water partition coefficient (Wildman–Crippen LogP) is 2.63. The lowest BCUT2D eigenvalue weighted by atomic mass is 10.0. The van der Waals surface area contributed by atoms with Crippen molar-refractivity contribution in [3.05, 3.63) is 28.8 Å². The SMILES string of the molecule is CC(C)c1ccc(Cl)c(S(=O)(=O)N2CCC(N(C)CC(=O)O)CC2)c1. The second-order valence-electron chi connectivity index (χ2n) is 6.79. The molecule has 1 fully saturated rings. The number of likely N-dealkylation sites (N-methyl/N-ethyl adjacent to an activating group) is 1. The molecular formula is C17H25ClN2O4S. The van der Waals surface area contributed by atoms with E-state index < -0.39 is 16.0 Å². The summed E-state index contributed by atoms with van der Waals surface area (Å²) in [6, 6.07) is 5.21. The zero-order valence-corrected chi connectivity index (χ0v) is 16.3. The number of hydrogen-bond donors (Lipinski definition) is 1. The number of carboxylic acids is 1. The Labute approximate surface area is 154 Å². The molecule has 1 heterocycles. The summed E-state index contributed by atoms with van der Waals surface area (Å²) in [6.45, 7) is 4.69. The molecule has 0 saturated carbocycles. The van der Waals surface area contributed by atoms with Crippen LogP contribution < -0.4 is 0 Å². The van der Waals surface area contributed by atoms with Crippen LogP contribution >= 0.6 is 11.6 Å². The van der Waals surface area contributed by atoms with Crippen LogP contribution in [0.5, 0.6) is 0 Å². The summed E-state index contributed by atoms with van der Waals surface area (Å²) in [7, 11) is -1.90. The largest absolute Gasteiger partial charge is 0.480 e. The van der Waals surface area contributed by atoms with Crippen molar-refractivity contribution in [2.75, 3.05) is 26.7 Å². The first-order valence-corrected chi connectivity index (χ1v) is 10.2. The third-order valence-electron chi connectivity index (χ3n) is 4.67. The molecule has 0 bridgehead atoms. The van der Waals surface area contributed by atoms with Gasteiger partial charge in [-0.15, -0.1) is 0 Å². The van der Waals surface area contributed by atoms with Gasteiger partial charge in [0.15, 0.2) is 0 Å². The Morgan fingerprint density at radius 2 is 1.96 bits per heavy atom. The van der Waals surface area contributed by atoms with Gasteiger partial charge < -0.3 is 5.11 Å². The lowest BCUT2D eigenvalue weighted by molar-refractivity contribution is -0.138. The van der Waals surface area contributed by atoms with Crippen molar-refractivity contribution in [1.82, 2.24) is 9.21 Å². The van der Waals surface area contributed by atoms with Gasteiger partial charge in [0.2, 0.25) is 10.0 Å². The van der Waals surface area contributed by atoms with Gasteiger partial charge in [-0.3, -0.25) is 9.69 Å². The van der Waals surface area contributed by atoms with Crippen LogP contribution in [0.1, 0.15) is 38.2 Å². The molecule has 0 spiro atoms. The fourth-order valence-electron chi connectivity index (χ4n) is 3.08. The van der Waals surface area contributed by atoms with Gasteiger partial charge in [0.1, 0.15) is 4.90 Å². The van der Waals surface area contributed by atoms with E-state index in [2.05, 4.69) is 0 Å². The number of sulfonamides is 1. The highest BCUT2D eigenvalue weighted by molar-refractivity contribution is 7.89. The number of aliphatic carboxylic acids is 1. The van der Waals surface area contributed by atoms with Crippen LogP contribution in [-0.2, 0) is 14.8 Å². The van der Waals surface area contributed by atoms with E-state index in [1.807, 2.05) is 19.9 Å². The molecular weight excluding hydrogens is 364 g/mol. The topological polar surface area (TPSA) is 77.9 Å². The molecule has 0 radical (unpaired) electrons. The van der Waals surface area contributed by atoms with E-state index >= 15 is 0 Å². The number of hydrogen-bond acceptors (Lipinski definition) is 4. The van der Waals surface area contributed by atoms with Crippen molar-refractivity contribution in [3.63, 3.8) is 0 Å². The number of nitrogens with zero attached hydrogens (tertiary/aromatic N) is 2. The minimum absolute atomic E-state index is 0.0420. The second-order valence-corrected chi connectivity index (χ2v) is 9.10. The maximum Gasteiger partial charge on any atom is 0.317 e. The molecule has 1 saturated heterocycles. The molecule has 1 aromatic carbocycles. The standard InChI is InChI=1S/C17H25ClN2O4S/c1-12(2)13-4-5-15(18)16(10-13)25(23,24)20-8-6-14(7-9-20)19(3)11-17(21)22/h4-5,10,12,14H,6-9,11H2,1-3H3,(H,21,22). The Morgan fingerprint density at radius 1 is 1.36 bits per heavy atom. The van der Waals surface area contributed by atoms with Gasteiger partial charge in [-0.25, -0.2) is 8.42 Å². The van der Waals surface area contributed by atoms with Gasteiger partial charge in [0.25, 0.3) is 0 Å². The van der Waals surface area contributed by atoms with Crippen LogP contribution in [0.3, 0.4) is 0 Å². The highest BCUT2D eigenvalue weighted by Gasteiger charge is 2.32. The first-order chi connectivity index (χ1) is 11.6. The van der Waals surface area contributed by atoms with Crippen LogP contribution in [0.15, 0.2) is 23.1 Å². The number of benzene rings is 1. The summed E-state index contributed by atoms with van der Waals surface area (Å²) in [5, 5.41) is 9.11. The summed E-state index contributed by atoms with van der Waals surface area (Å²) >= 11 is 6.16. The van der Waals surface area contributed by atoms with Crippen molar-refractivity contribution >= 4 is 27.6 Å². The Morgan fingerprint density at radius 3 is 2.48 bits per heavy atom. The summed E-state index contributed by atoms with van der Waals surface area (Å²) < 4.78 is 27.4.